The van der Waals surface area contributed by atoms with Gasteiger partial charge in [-0.05, 0) is 25.0 Å². The highest BCUT2D eigenvalue weighted by molar-refractivity contribution is 5.92. The van der Waals surface area contributed by atoms with Gasteiger partial charge < -0.3 is 9.88 Å². The van der Waals surface area contributed by atoms with Crippen molar-refractivity contribution >= 4 is 22.9 Å². The molecule has 108 valence electrons. The number of hydrogen-bond acceptors (Lipinski definition) is 3. The summed E-state index contributed by atoms with van der Waals surface area (Å²) in [5.41, 5.74) is 1.73. The van der Waals surface area contributed by atoms with Crippen LogP contribution in [0.3, 0.4) is 0 Å². The number of allylic oxidation sites excluding steroid dienone is 1. The van der Waals surface area contributed by atoms with Crippen molar-refractivity contribution in [1.29, 1.82) is 10.5 Å². The van der Waals surface area contributed by atoms with Gasteiger partial charge in [-0.15, -0.1) is 0 Å². The van der Waals surface area contributed by atoms with Gasteiger partial charge in [-0.3, -0.25) is 4.79 Å². The van der Waals surface area contributed by atoms with E-state index in [2.05, 4.69) is 5.32 Å². The van der Waals surface area contributed by atoms with Gasteiger partial charge in [0.1, 0.15) is 24.3 Å². The topological polar surface area (TPSA) is 81.6 Å². The second-order valence-corrected chi connectivity index (χ2v) is 5.35. The van der Waals surface area contributed by atoms with Gasteiger partial charge in [0.2, 0.25) is 5.91 Å². The first-order valence-electron chi connectivity index (χ1n) is 7.10. The number of carbonyl (C=O) groups is 1. The van der Waals surface area contributed by atoms with Crippen LogP contribution in [0.5, 0.6) is 0 Å². The van der Waals surface area contributed by atoms with Crippen molar-refractivity contribution in [3.8, 4) is 12.1 Å². The molecule has 22 heavy (non-hydrogen) atoms. The molecule has 1 amide bonds. The van der Waals surface area contributed by atoms with Crippen molar-refractivity contribution in [2.75, 3.05) is 0 Å². The fourth-order valence-electron chi connectivity index (χ4n) is 2.42. The Labute approximate surface area is 128 Å². The molecule has 1 aliphatic rings. The standard InChI is InChI=1S/C17H14N4O/c18-8-12(9-19)7-13-10-21(11-17(22)20-14-5-6-14)16-4-2-1-3-15(13)16/h1-4,7,10,14H,5-6,11H2,(H,20,22). The first-order valence-corrected chi connectivity index (χ1v) is 7.10. The molecule has 1 heterocycles. The number of benzene rings is 1. The summed E-state index contributed by atoms with van der Waals surface area (Å²) in [7, 11) is 0. The summed E-state index contributed by atoms with van der Waals surface area (Å²) < 4.78 is 1.85. The molecule has 1 aliphatic carbocycles. The van der Waals surface area contributed by atoms with E-state index < -0.39 is 0 Å². The quantitative estimate of drug-likeness (QED) is 0.877. The van der Waals surface area contributed by atoms with Crippen molar-refractivity contribution < 1.29 is 4.79 Å². The number of rotatable bonds is 4. The van der Waals surface area contributed by atoms with Gasteiger partial charge in [0.05, 0.1) is 0 Å². The van der Waals surface area contributed by atoms with Gasteiger partial charge in [-0.25, -0.2) is 0 Å². The zero-order valence-electron chi connectivity index (χ0n) is 11.9. The Hall–Kier alpha value is -3.05. The number of fused-ring (bicyclic) bond motifs is 1. The van der Waals surface area contributed by atoms with Crippen LogP contribution in [0, 0.1) is 22.7 Å². The summed E-state index contributed by atoms with van der Waals surface area (Å²) in [4.78, 5) is 12.0. The van der Waals surface area contributed by atoms with E-state index in [9.17, 15) is 4.79 Å². The minimum atomic E-state index is -0.0143. The maximum absolute atomic E-state index is 12.0. The lowest BCUT2D eigenvalue weighted by Gasteiger charge is -2.05. The molecular weight excluding hydrogens is 276 g/mol. The molecule has 0 atom stereocenters. The second kappa shape index (κ2) is 5.75. The molecule has 0 aliphatic heterocycles. The molecule has 5 nitrogen and oxygen atoms in total. The van der Waals surface area contributed by atoms with Crippen LogP contribution < -0.4 is 5.32 Å². The monoisotopic (exact) mass is 290 g/mol. The Kier molecular flexibility index (Phi) is 3.64. The van der Waals surface area contributed by atoms with E-state index in [1.165, 1.54) is 0 Å². The summed E-state index contributed by atoms with van der Waals surface area (Å²) in [5.74, 6) is -0.0143. The maximum atomic E-state index is 12.0. The molecule has 1 fully saturated rings. The number of aromatic nitrogens is 1. The Morgan fingerprint density at radius 2 is 2.05 bits per heavy atom. The zero-order chi connectivity index (χ0) is 15.5. The van der Waals surface area contributed by atoms with Crippen LogP contribution in [-0.4, -0.2) is 16.5 Å². The number of nitrogens with zero attached hydrogens (tertiary/aromatic N) is 3. The van der Waals surface area contributed by atoms with Crippen LogP contribution in [0.25, 0.3) is 17.0 Å². The zero-order valence-corrected chi connectivity index (χ0v) is 11.9. The lowest BCUT2D eigenvalue weighted by atomic mass is 10.1. The predicted octanol–water partition coefficient (Wildman–Crippen LogP) is 2.35. The molecule has 0 unspecified atom stereocenters. The molecule has 1 saturated carbocycles. The van der Waals surface area contributed by atoms with Gasteiger partial charge in [0.15, 0.2) is 0 Å². The van der Waals surface area contributed by atoms with Gasteiger partial charge >= 0.3 is 0 Å². The van der Waals surface area contributed by atoms with Gasteiger partial charge in [-0.1, -0.05) is 18.2 Å². The van der Waals surface area contributed by atoms with Crippen LogP contribution in [-0.2, 0) is 11.3 Å². The van der Waals surface area contributed by atoms with Crippen LogP contribution >= 0.6 is 0 Å². The van der Waals surface area contributed by atoms with E-state index in [1.807, 2.05) is 47.2 Å². The van der Waals surface area contributed by atoms with Crippen LogP contribution in [0.1, 0.15) is 18.4 Å². The first-order chi connectivity index (χ1) is 10.7. The Morgan fingerprint density at radius 3 is 2.73 bits per heavy atom. The van der Waals surface area contributed by atoms with Crippen molar-refractivity contribution in [1.82, 2.24) is 9.88 Å². The molecule has 1 aromatic carbocycles. The number of amides is 1. The maximum Gasteiger partial charge on any atom is 0.240 e. The summed E-state index contributed by atoms with van der Waals surface area (Å²) in [6, 6.07) is 11.7. The number of hydrogen-bond donors (Lipinski definition) is 1. The molecule has 0 saturated heterocycles. The number of para-hydroxylation sites is 1. The Bertz CT molecular complexity index is 828. The van der Waals surface area contributed by atoms with Crippen LogP contribution in [0.2, 0.25) is 0 Å². The summed E-state index contributed by atoms with van der Waals surface area (Å²) >= 11 is 0. The fraction of sp³-hybridized carbons (Fsp3) is 0.235. The molecule has 1 aromatic heterocycles. The van der Waals surface area contributed by atoms with E-state index in [1.54, 1.807) is 6.08 Å². The van der Waals surface area contributed by atoms with Gasteiger partial charge in [0.25, 0.3) is 0 Å². The third-order valence-electron chi connectivity index (χ3n) is 3.62. The minimum Gasteiger partial charge on any atom is -0.352 e. The number of nitrogens with one attached hydrogen (secondary N) is 1. The SMILES string of the molecule is N#CC(C#N)=Cc1cn(CC(=O)NC2CC2)c2ccccc12. The van der Waals surface area contributed by atoms with E-state index in [0.717, 1.165) is 29.3 Å². The molecule has 1 N–H and O–H groups in total. The summed E-state index contributed by atoms with van der Waals surface area (Å²) in [6.45, 7) is 0.235. The van der Waals surface area contributed by atoms with Crippen molar-refractivity contribution in [2.24, 2.45) is 0 Å². The van der Waals surface area contributed by atoms with E-state index in [-0.39, 0.29) is 18.0 Å². The molecule has 2 aromatic rings. The number of nitriles is 2. The van der Waals surface area contributed by atoms with Gasteiger partial charge in [0, 0.05) is 28.7 Å². The normalized spacial score (nSPS) is 13.2. The van der Waals surface area contributed by atoms with Gasteiger partial charge in [-0.2, -0.15) is 10.5 Å². The predicted molar refractivity (Wildman–Crippen MR) is 82.3 cm³/mol. The lowest BCUT2D eigenvalue weighted by molar-refractivity contribution is -0.121. The lowest BCUT2D eigenvalue weighted by Crippen LogP contribution is -2.29. The van der Waals surface area contributed by atoms with Crippen molar-refractivity contribution in [3.05, 3.63) is 41.6 Å². The third-order valence-corrected chi connectivity index (χ3v) is 3.62. The first kappa shape index (κ1) is 13.9. The number of carbonyl (C=O) groups excluding carboxylic acids is 1. The average Bonchev–Trinajstić information content (AvgIpc) is 3.27. The third kappa shape index (κ3) is 2.84. The Morgan fingerprint density at radius 1 is 1.32 bits per heavy atom. The molecule has 5 heteroatoms. The molecule has 0 spiro atoms. The van der Waals surface area contributed by atoms with E-state index in [4.69, 9.17) is 10.5 Å². The fourth-order valence-corrected chi connectivity index (χ4v) is 2.42. The van der Waals surface area contributed by atoms with Crippen molar-refractivity contribution in [2.45, 2.75) is 25.4 Å². The highest BCUT2D eigenvalue weighted by atomic mass is 16.2. The molecule has 3 rings (SSSR count). The van der Waals surface area contributed by atoms with E-state index >= 15 is 0 Å². The Balaban J connectivity index is 1.97. The van der Waals surface area contributed by atoms with Crippen molar-refractivity contribution in [3.63, 3.8) is 0 Å². The second-order valence-electron chi connectivity index (χ2n) is 5.35. The summed E-state index contributed by atoms with van der Waals surface area (Å²) in [6.07, 6.45) is 5.48. The van der Waals surface area contributed by atoms with Crippen LogP contribution in [0.15, 0.2) is 36.0 Å². The highest BCUT2D eigenvalue weighted by Gasteiger charge is 2.23. The molecular formula is C17H14N4O. The summed E-state index contributed by atoms with van der Waals surface area (Å²) in [5, 5.41) is 21.7. The van der Waals surface area contributed by atoms with E-state index in [0.29, 0.717) is 6.04 Å². The van der Waals surface area contributed by atoms with Crippen LogP contribution in [0.4, 0.5) is 0 Å². The smallest absolute Gasteiger partial charge is 0.240 e. The highest BCUT2D eigenvalue weighted by Crippen LogP contribution is 2.24. The molecule has 0 radical (unpaired) electrons. The largest absolute Gasteiger partial charge is 0.352 e. The molecule has 0 bridgehead atoms. The average molecular weight is 290 g/mol. The minimum absolute atomic E-state index is 0.0143.